The zero-order valence-corrected chi connectivity index (χ0v) is 21.2. The van der Waals surface area contributed by atoms with Crippen LogP contribution in [-0.4, -0.2) is 48.1 Å². The van der Waals surface area contributed by atoms with Crippen LogP contribution in [-0.2, 0) is 18.1 Å². The van der Waals surface area contributed by atoms with E-state index >= 15 is 0 Å². The van der Waals surface area contributed by atoms with E-state index in [2.05, 4.69) is 15.3 Å². The number of hydrogen-bond acceptors (Lipinski definition) is 7. The fourth-order valence-electron chi connectivity index (χ4n) is 4.05. The van der Waals surface area contributed by atoms with Gasteiger partial charge >= 0.3 is 12.4 Å². The number of furan rings is 1. The normalized spacial score (nSPS) is 16.5. The topological polar surface area (TPSA) is 74.5 Å². The van der Waals surface area contributed by atoms with Gasteiger partial charge in [0.25, 0.3) is 5.91 Å². The van der Waals surface area contributed by atoms with Gasteiger partial charge in [-0.2, -0.15) is 26.3 Å². The van der Waals surface area contributed by atoms with E-state index in [4.69, 9.17) is 4.42 Å². The van der Waals surface area contributed by atoms with E-state index in [1.54, 1.807) is 21.9 Å². The van der Waals surface area contributed by atoms with Crippen molar-refractivity contribution in [3.05, 3.63) is 65.2 Å². The molecule has 2 fully saturated rings. The summed E-state index contributed by atoms with van der Waals surface area (Å²) < 4.78 is 85.6. The number of alkyl halides is 6. The van der Waals surface area contributed by atoms with Crippen molar-refractivity contribution in [2.24, 2.45) is 0 Å². The van der Waals surface area contributed by atoms with E-state index in [-0.39, 0.29) is 47.5 Å². The van der Waals surface area contributed by atoms with Crippen molar-refractivity contribution in [3.8, 4) is 0 Å². The van der Waals surface area contributed by atoms with Crippen LogP contribution >= 0.6 is 11.8 Å². The number of thioether (sulfide) groups is 1. The molecular weight excluding hydrogens is 548 g/mol. The summed E-state index contributed by atoms with van der Waals surface area (Å²) in [4.78, 5) is 23.5. The number of aromatic nitrogens is 2. The number of rotatable bonds is 7. The molecule has 14 heteroatoms. The average molecular weight is 572 g/mol. The SMILES string of the molecule is O=C(NC1CC1)c1ccc(CSc2nc(N3CCN(c4cccc(C(F)(F)F)c4)CC3)cc(C(F)(F)F)n2)o1. The molecule has 1 aromatic carbocycles. The Morgan fingerprint density at radius 3 is 2.33 bits per heavy atom. The number of piperazine rings is 1. The van der Waals surface area contributed by atoms with Crippen LogP contribution in [0.15, 0.2) is 52.0 Å². The first-order valence-corrected chi connectivity index (χ1v) is 13.1. The Labute approximate surface area is 223 Å². The molecule has 1 aliphatic heterocycles. The van der Waals surface area contributed by atoms with Crippen molar-refractivity contribution in [3.63, 3.8) is 0 Å². The molecule has 0 atom stereocenters. The molecule has 5 rings (SSSR count). The molecule has 39 heavy (non-hydrogen) atoms. The lowest BCUT2D eigenvalue weighted by molar-refractivity contribution is -0.141. The van der Waals surface area contributed by atoms with E-state index in [0.717, 1.165) is 42.8 Å². The van der Waals surface area contributed by atoms with Gasteiger partial charge < -0.3 is 19.5 Å². The Morgan fingerprint density at radius 2 is 1.67 bits per heavy atom. The molecule has 208 valence electrons. The summed E-state index contributed by atoms with van der Waals surface area (Å²) in [6, 6.07) is 9.07. The zero-order valence-electron chi connectivity index (χ0n) is 20.3. The van der Waals surface area contributed by atoms with Crippen LogP contribution in [0.2, 0.25) is 0 Å². The van der Waals surface area contributed by atoms with Crippen molar-refractivity contribution in [1.29, 1.82) is 0 Å². The lowest BCUT2D eigenvalue weighted by Gasteiger charge is -2.37. The number of hydrogen-bond donors (Lipinski definition) is 1. The van der Waals surface area contributed by atoms with Gasteiger partial charge in [-0.05, 0) is 43.2 Å². The fraction of sp³-hybridized carbons (Fsp3) is 0.400. The van der Waals surface area contributed by atoms with Crippen LogP contribution in [0.5, 0.6) is 0 Å². The second kappa shape index (κ2) is 10.6. The molecule has 3 aromatic rings. The maximum atomic E-state index is 13.6. The summed E-state index contributed by atoms with van der Waals surface area (Å²) in [6.07, 6.45) is -7.33. The molecule has 3 heterocycles. The van der Waals surface area contributed by atoms with Gasteiger partial charge in [0.1, 0.15) is 11.6 Å². The third-order valence-electron chi connectivity index (χ3n) is 6.27. The largest absolute Gasteiger partial charge is 0.455 e. The van der Waals surface area contributed by atoms with Crippen molar-refractivity contribution in [2.75, 3.05) is 36.0 Å². The van der Waals surface area contributed by atoms with E-state index in [9.17, 15) is 31.1 Å². The van der Waals surface area contributed by atoms with Gasteiger partial charge in [-0.3, -0.25) is 4.79 Å². The van der Waals surface area contributed by atoms with Gasteiger partial charge in [-0.1, -0.05) is 17.8 Å². The predicted octanol–water partition coefficient (Wildman–Crippen LogP) is 5.62. The lowest BCUT2D eigenvalue weighted by Crippen LogP contribution is -2.47. The molecule has 1 amide bonds. The van der Waals surface area contributed by atoms with Crippen molar-refractivity contribution in [1.82, 2.24) is 15.3 Å². The van der Waals surface area contributed by atoms with Gasteiger partial charge in [0.05, 0.1) is 11.3 Å². The smallest absolute Gasteiger partial charge is 0.433 e. The first-order chi connectivity index (χ1) is 18.5. The Hall–Kier alpha value is -3.42. The molecule has 0 unspecified atom stereocenters. The summed E-state index contributed by atoms with van der Waals surface area (Å²) in [7, 11) is 0. The summed E-state index contributed by atoms with van der Waals surface area (Å²) in [5, 5.41) is 2.69. The molecular formula is C25H23F6N5O2S. The first-order valence-electron chi connectivity index (χ1n) is 12.1. The van der Waals surface area contributed by atoms with E-state index in [1.807, 2.05) is 0 Å². The first kappa shape index (κ1) is 27.2. The highest BCUT2D eigenvalue weighted by Gasteiger charge is 2.35. The third kappa shape index (κ3) is 6.78. The van der Waals surface area contributed by atoms with Crippen LogP contribution in [0.1, 0.15) is 40.4 Å². The van der Waals surface area contributed by atoms with E-state index in [1.165, 1.54) is 12.1 Å². The summed E-state index contributed by atoms with van der Waals surface area (Å²) >= 11 is 0.943. The number of benzene rings is 1. The van der Waals surface area contributed by atoms with Crippen LogP contribution in [0.25, 0.3) is 0 Å². The molecule has 2 aliphatic rings. The number of amides is 1. The minimum Gasteiger partial charge on any atom is -0.455 e. The second-order valence-corrected chi connectivity index (χ2v) is 10.2. The van der Waals surface area contributed by atoms with Gasteiger partial charge in [-0.25, -0.2) is 9.97 Å². The van der Waals surface area contributed by atoms with Crippen LogP contribution in [0.4, 0.5) is 37.8 Å². The van der Waals surface area contributed by atoms with Crippen molar-refractivity contribution < 1.29 is 35.6 Å². The monoisotopic (exact) mass is 571 g/mol. The molecule has 1 saturated heterocycles. The maximum Gasteiger partial charge on any atom is 0.433 e. The quantitative estimate of drug-likeness (QED) is 0.224. The summed E-state index contributed by atoms with van der Waals surface area (Å²) in [5.74, 6) is 0.365. The predicted molar refractivity (Wildman–Crippen MR) is 132 cm³/mol. The summed E-state index contributed by atoms with van der Waals surface area (Å²) in [6.45, 7) is 1.11. The van der Waals surface area contributed by atoms with Crippen LogP contribution in [0, 0.1) is 0 Å². The van der Waals surface area contributed by atoms with Crippen molar-refractivity contribution >= 4 is 29.2 Å². The standard InChI is InChI=1S/C25H23F6N5O2S/c26-24(27,28)15-2-1-3-17(12-15)35-8-10-36(11-9-35)21-13-20(25(29,30)31)33-23(34-21)39-14-18-6-7-19(38-18)22(37)32-16-4-5-16/h1-3,6-7,12-13,16H,4-5,8-11,14H2,(H,32,37). The number of nitrogens with one attached hydrogen (secondary N) is 1. The molecule has 1 saturated carbocycles. The van der Waals surface area contributed by atoms with Crippen LogP contribution < -0.4 is 15.1 Å². The minimum absolute atomic E-state index is 0.0764. The van der Waals surface area contributed by atoms with E-state index in [0.29, 0.717) is 24.5 Å². The van der Waals surface area contributed by atoms with Gasteiger partial charge in [-0.15, -0.1) is 0 Å². The van der Waals surface area contributed by atoms with E-state index < -0.39 is 23.6 Å². The molecule has 1 N–H and O–H groups in total. The second-order valence-electron chi connectivity index (χ2n) is 9.22. The highest BCUT2D eigenvalue weighted by atomic mass is 32.2. The number of carbonyl (C=O) groups excluding carboxylic acids is 1. The highest BCUT2D eigenvalue weighted by molar-refractivity contribution is 7.98. The summed E-state index contributed by atoms with van der Waals surface area (Å²) in [5.41, 5.74) is -1.47. The third-order valence-corrected chi connectivity index (χ3v) is 7.14. The fourth-order valence-corrected chi connectivity index (χ4v) is 4.80. The number of anilines is 2. The number of carbonyl (C=O) groups is 1. The molecule has 2 aromatic heterocycles. The Bertz CT molecular complexity index is 1330. The highest BCUT2D eigenvalue weighted by Crippen LogP contribution is 2.34. The molecule has 0 bridgehead atoms. The van der Waals surface area contributed by atoms with Crippen molar-refractivity contribution in [2.45, 2.75) is 42.1 Å². The minimum atomic E-state index is -4.70. The average Bonchev–Trinajstić information content (AvgIpc) is 3.59. The maximum absolute atomic E-state index is 13.6. The molecule has 1 aliphatic carbocycles. The Kier molecular flexibility index (Phi) is 7.40. The molecule has 0 spiro atoms. The number of halogens is 6. The van der Waals surface area contributed by atoms with Gasteiger partial charge in [0.2, 0.25) is 0 Å². The van der Waals surface area contributed by atoms with Crippen LogP contribution in [0.3, 0.4) is 0 Å². The molecule has 7 nitrogen and oxygen atoms in total. The van der Waals surface area contributed by atoms with Gasteiger partial charge in [0, 0.05) is 44.0 Å². The lowest BCUT2D eigenvalue weighted by atomic mass is 10.1. The Balaban J connectivity index is 1.26. The number of nitrogens with zero attached hydrogens (tertiary/aromatic N) is 4. The van der Waals surface area contributed by atoms with Gasteiger partial charge in [0.15, 0.2) is 16.6 Å². The Morgan fingerprint density at radius 1 is 0.949 bits per heavy atom. The molecule has 0 radical (unpaired) electrons. The zero-order chi connectivity index (χ0) is 27.8.